The van der Waals surface area contributed by atoms with Crippen molar-refractivity contribution in [2.24, 2.45) is 0 Å². The Hall–Kier alpha value is -2.41. The second kappa shape index (κ2) is 5.08. The van der Waals surface area contributed by atoms with Gasteiger partial charge in [-0.2, -0.15) is 5.26 Å². The lowest BCUT2D eigenvalue weighted by Crippen LogP contribution is -1.92. The van der Waals surface area contributed by atoms with Crippen molar-refractivity contribution in [3.8, 4) is 17.7 Å². The number of aromatic nitrogens is 1. The standard InChI is InChI=1S/C13H9FN2O/c14-10-3-1-5-12(9-10)17-13-6-2-4-11(16-13)7-8-15/h1-6,9H,7H2. The SMILES string of the molecule is N#CCc1cccc(Oc2cccc(F)c2)n1. The topological polar surface area (TPSA) is 45.9 Å². The average Bonchev–Trinajstić information content (AvgIpc) is 2.30. The van der Waals surface area contributed by atoms with Crippen LogP contribution in [-0.2, 0) is 6.42 Å². The zero-order valence-electron chi connectivity index (χ0n) is 8.93. The zero-order valence-corrected chi connectivity index (χ0v) is 8.93. The van der Waals surface area contributed by atoms with Gasteiger partial charge in [0.15, 0.2) is 0 Å². The molecule has 0 bridgehead atoms. The summed E-state index contributed by atoms with van der Waals surface area (Å²) in [6.07, 6.45) is 0.223. The molecule has 84 valence electrons. The summed E-state index contributed by atoms with van der Waals surface area (Å²) in [5.74, 6) is 0.366. The average molecular weight is 228 g/mol. The van der Waals surface area contributed by atoms with Gasteiger partial charge in [0.05, 0.1) is 18.2 Å². The highest BCUT2D eigenvalue weighted by Crippen LogP contribution is 2.20. The number of nitrogens with zero attached hydrogens (tertiary/aromatic N) is 2. The second-order valence-corrected chi connectivity index (χ2v) is 3.36. The Balaban J connectivity index is 2.19. The minimum Gasteiger partial charge on any atom is -0.439 e. The Morgan fingerprint density at radius 3 is 2.82 bits per heavy atom. The smallest absolute Gasteiger partial charge is 0.219 e. The van der Waals surface area contributed by atoms with Crippen molar-refractivity contribution >= 4 is 0 Å². The molecular weight excluding hydrogens is 219 g/mol. The first-order valence-corrected chi connectivity index (χ1v) is 5.04. The fraction of sp³-hybridized carbons (Fsp3) is 0.0769. The molecule has 0 N–H and O–H groups in total. The Bertz CT molecular complexity index is 563. The molecule has 0 aliphatic carbocycles. The molecule has 0 spiro atoms. The van der Waals surface area contributed by atoms with Crippen LogP contribution in [0.5, 0.6) is 11.6 Å². The van der Waals surface area contributed by atoms with Crippen molar-refractivity contribution in [3.63, 3.8) is 0 Å². The lowest BCUT2D eigenvalue weighted by Gasteiger charge is -2.05. The van der Waals surface area contributed by atoms with Crippen LogP contribution in [-0.4, -0.2) is 4.98 Å². The third-order valence-electron chi connectivity index (χ3n) is 2.06. The van der Waals surface area contributed by atoms with Gasteiger partial charge < -0.3 is 4.74 Å². The summed E-state index contributed by atoms with van der Waals surface area (Å²) >= 11 is 0. The molecule has 2 rings (SSSR count). The first-order chi connectivity index (χ1) is 8.28. The molecule has 0 atom stereocenters. The fourth-order valence-corrected chi connectivity index (χ4v) is 1.35. The number of pyridine rings is 1. The van der Waals surface area contributed by atoms with Crippen LogP contribution in [0.2, 0.25) is 0 Å². The molecule has 0 aliphatic heterocycles. The summed E-state index contributed by atoms with van der Waals surface area (Å²) < 4.78 is 18.3. The van der Waals surface area contributed by atoms with Gasteiger partial charge in [-0.05, 0) is 18.2 Å². The maximum absolute atomic E-state index is 12.9. The number of benzene rings is 1. The van der Waals surface area contributed by atoms with Gasteiger partial charge in [-0.15, -0.1) is 0 Å². The van der Waals surface area contributed by atoms with Gasteiger partial charge in [0, 0.05) is 12.1 Å². The van der Waals surface area contributed by atoms with Crippen LogP contribution in [0.4, 0.5) is 4.39 Å². The van der Waals surface area contributed by atoms with Crippen LogP contribution in [0, 0.1) is 17.1 Å². The lowest BCUT2D eigenvalue weighted by molar-refractivity contribution is 0.456. The summed E-state index contributed by atoms with van der Waals surface area (Å²) in [5.41, 5.74) is 0.626. The van der Waals surface area contributed by atoms with Crippen LogP contribution in [0.15, 0.2) is 42.5 Å². The largest absolute Gasteiger partial charge is 0.439 e. The van der Waals surface area contributed by atoms with Crippen LogP contribution in [0.25, 0.3) is 0 Å². The Morgan fingerprint density at radius 2 is 2.06 bits per heavy atom. The minimum absolute atomic E-state index is 0.223. The molecule has 4 heteroatoms. The zero-order chi connectivity index (χ0) is 12.1. The van der Waals surface area contributed by atoms with Gasteiger partial charge >= 0.3 is 0 Å². The summed E-state index contributed by atoms with van der Waals surface area (Å²) in [6, 6.07) is 13.0. The van der Waals surface area contributed by atoms with Crippen molar-refractivity contribution in [2.75, 3.05) is 0 Å². The molecule has 2 aromatic rings. The Labute approximate surface area is 98.1 Å². The van der Waals surface area contributed by atoms with Crippen molar-refractivity contribution in [1.29, 1.82) is 5.26 Å². The number of ether oxygens (including phenoxy) is 1. The molecule has 0 unspecified atom stereocenters. The minimum atomic E-state index is -0.365. The normalized spacial score (nSPS) is 9.65. The third-order valence-corrected chi connectivity index (χ3v) is 2.06. The highest BCUT2D eigenvalue weighted by atomic mass is 19.1. The Morgan fingerprint density at radius 1 is 1.24 bits per heavy atom. The molecule has 17 heavy (non-hydrogen) atoms. The maximum atomic E-state index is 12.9. The van der Waals surface area contributed by atoms with Crippen molar-refractivity contribution in [1.82, 2.24) is 4.98 Å². The molecule has 0 fully saturated rings. The van der Waals surface area contributed by atoms with E-state index in [1.807, 2.05) is 6.07 Å². The van der Waals surface area contributed by atoms with Gasteiger partial charge in [-0.3, -0.25) is 0 Å². The monoisotopic (exact) mass is 228 g/mol. The van der Waals surface area contributed by atoms with Gasteiger partial charge in [0.2, 0.25) is 5.88 Å². The molecule has 1 aromatic heterocycles. The van der Waals surface area contributed by atoms with E-state index in [0.717, 1.165) is 0 Å². The first kappa shape index (κ1) is 11.1. The quantitative estimate of drug-likeness (QED) is 0.810. The summed E-state index contributed by atoms with van der Waals surface area (Å²) in [4.78, 5) is 4.12. The number of nitriles is 1. The predicted octanol–water partition coefficient (Wildman–Crippen LogP) is 3.08. The first-order valence-electron chi connectivity index (χ1n) is 5.04. The molecule has 1 aromatic carbocycles. The van der Waals surface area contributed by atoms with Crippen LogP contribution in [0.1, 0.15) is 5.69 Å². The van der Waals surface area contributed by atoms with Gasteiger partial charge in [0.1, 0.15) is 11.6 Å². The number of hydrogen-bond donors (Lipinski definition) is 0. The van der Waals surface area contributed by atoms with Crippen LogP contribution < -0.4 is 4.74 Å². The number of rotatable bonds is 3. The molecule has 0 radical (unpaired) electrons. The van der Waals surface area contributed by atoms with Crippen molar-refractivity contribution < 1.29 is 9.13 Å². The van der Waals surface area contributed by atoms with Gasteiger partial charge in [-0.25, -0.2) is 9.37 Å². The molecule has 0 aliphatic rings. The number of halogens is 1. The molecule has 3 nitrogen and oxygen atoms in total. The van der Waals surface area contributed by atoms with Gasteiger partial charge in [-0.1, -0.05) is 12.1 Å². The van der Waals surface area contributed by atoms with Gasteiger partial charge in [0.25, 0.3) is 0 Å². The van der Waals surface area contributed by atoms with E-state index >= 15 is 0 Å². The van der Waals surface area contributed by atoms with Crippen LogP contribution >= 0.6 is 0 Å². The molecule has 0 saturated heterocycles. The van der Waals surface area contributed by atoms with E-state index in [4.69, 9.17) is 10.00 Å². The van der Waals surface area contributed by atoms with E-state index in [9.17, 15) is 4.39 Å². The third kappa shape index (κ3) is 3.02. The second-order valence-electron chi connectivity index (χ2n) is 3.36. The summed E-state index contributed by atoms with van der Waals surface area (Å²) in [7, 11) is 0. The number of hydrogen-bond acceptors (Lipinski definition) is 3. The molecular formula is C13H9FN2O. The highest BCUT2D eigenvalue weighted by Gasteiger charge is 2.01. The summed E-state index contributed by atoms with van der Waals surface area (Å²) in [6.45, 7) is 0. The van der Waals surface area contributed by atoms with E-state index in [2.05, 4.69) is 4.98 Å². The lowest BCUT2D eigenvalue weighted by atomic mass is 10.3. The predicted molar refractivity (Wildman–Crippen MR) is 60.0 cm³/mol. The van der Waals surface area contributed by atoms with E-state index in [1.165, 1.54) is 12.1 Å². The maximum Gasteiger partial charge on any atom is 0.219 e. The van der Waals surface area contributed by atoms with Crippen LogP contribution in [0.3, 0.4) is 0 Å². The molecule has 0 saturated carbocycles. The van der Waals surface area contributed by atoms with Crippen molar-refractivity contribution in [2.45, 2.75) is 6.42 Å². The van der Waals surface area contributed by atoms with E-state index < -0.39 is 0 Å². The van der Waals surface area contributed by atoms with E-state index in [-0.39, 0.29) is 12.2 Å². The fourth-order valence-electron chi connectivity index (χ4n) is 1.35. The van der Waals surface area contributed by atoms with E-state index in [0.29, 0.717) is 17.3 Å². The summed E-state index contributed by atoms with van der Waals surface area (Å²) in [5, 5.41) is 8.56. The van der Waals surface area contributed by atoms with Crippen molar-refractivity contribution in [3.05, 3.63) is 54.0 Å². The Kier molecular flexibility index (Phi) is 3.31. The molecule has 0 amide bonds. The molecule has 1 heterocycles. The highest BCUT2D eigenvalue weighted by molar-refractivity contribution is 5.28. The van der Waals surface area contributed by atoms with E-state index in [1.54, 1.807) is 30.3 Å².